The highest BCUT2D eigenvalue weighted by atomic mass is 16.1. The molecule has 0 radical (unpaired) electrons. The molecule has 0 saturated heterocycles. The lowest BCUT2D eigenvalue weighted by Gasteiger charge is -1.89. The number of likely N-dealkylation sites (N-methyl/N-ethyl adjacent to an activating group) is 1. The molecule has 0 bridgehead atoms. The van der Waals surface area contributed by atoms with Gasteiger partial charge in [-0.2, -0.15) is 0 Å². The molecule has 0 amide bonds. The van der Waals surface area contributed by atoms with Gasteiger partial charge in [-0.25, -0.2) is 0 Å². The molecule has 0 aromatic carbocycles. The fraction of sp³-hybridized carbons (Fsp3) is 0.667. The Hall–Kier alpha value is -0.630. The minimum Gasteiger partial charge on any atom is -0.316 e. The average molecular weight is 157 g/mol. The van der Waals surface area contributed by atoms with E-state index in [-0.39, 0.29) is 13.2 Å². The Morgan fingerprint density at radius 1 is 1.55 bits per heavy atom. The van der Waals surface area contributed by atoms with Gasteiger partial charge in [-0.15, -0.1) is 0 Å². The normalized spacial score (nSPS) is 9.64. The van der Waals surface area contributed by atoms with E-state index in [2.05, 4.69) is 5.32 Å². The van der Waals surface area contributed by atoms with Crippen LogP contribution in [0.25, 0.3) is 0 Å². The number of allylic oxidation sites excluding steroid dienone is 1. The first-order valence-corrected chi connectivity index (χ1v) is 3.65. The highest BCUT2D eigenvalue weighted by Gasteiger charge is 1.90. The van der Waals surface area contributed by atoms with E-state index in [1.54, 1.807) is 6.08 Å². The largest absolute Gasteiger partial charge is 0.316 e. The lowest BCUT2D eigenvalue weighted by molar-refractivity contribution is -0.114. The van der Waals surface area contributed by atoms with E-state index in [1.165, 1.54) is 0 Å². The Bertz CT molecular complexity index is 119. The number of hydrogen-bond donors (Lipinski definition) is 1. The summed E-state index contributed by atoms with van der Waals surface area (Å²) < 4.78 is 0. The van der Waals surface area contributed by atoms with Crippen molar-refractivity contribution in [2.45, 2.75) is 27.2 Å². The van der Waals surface area contributed by atoms with Crippen LogP contribution in [0.15, 0.2) is 12.2 Å². The monoisotopic (exact) mass is 157 g/mol. The third-order valence-corrected chi connectivity index (χ3v) is 1.12. The first-order valence-electron chi connectivity index (χ1n) is 3.65. The molecule has 0 unspecified atom stereocenters. The van der Waals surface area contributed by atoms with Gasteiger partial charge in [0.1, 0.15) is 0 Å². The second-order valence-corrected chi connectivity index (χ2v) is 2.18. The summed E-state index contributed by atoms with van der Waals surface area (Å²) in [6.07, 6.45) is 5.08. The molecule has 0 aromatic rings. The van der Waals surface area contributed by atoms with Crippen molar-refractivity contribution in [3.8, 4) is 0 Å². The molecule has 11 heavy (non-hydrogen) atoms. The van der Waals surface area contributed by atoms with Crippen LogP contribution in [-0.4, -0.2) is 19.4 Å². The summed E-state index contributed by atoms with van der Waals surface area (Å²) in [5, 5.41) is 2.93. The Labute approximate surface area is 69.7 Å². The predicted octanol–water partition coefficient (Wildman–Crippen LogP) is 1.77. The lowest BCUT2D eigenvalue weighted by atomic mass is 10.2. The fourth-order valence-corrected chi connectivity index (χ4v) is 0.638. The van der Waals surface area contributed by atoms with Gasteiger partial charge in [-0.3, -0.25) is 4.79 Å². The van der Waals surface area contributed by atoms with Gasteiger partial charge in [-0.1, -0.05) is 20.4 Å². The standard InChI is InChI=1S/C8H15NO.CH4/c1-3-5-8(10)6-4-7-9-2;/h4,6,9H,3,5,7H2,1-2H3;1H4/b6-4+;. The average Bonchev–Trinajstić information content (AvgIpc) is 1.89. The maximum absolute atomic E-state index is 10.8. The zero-order valence-electron chi connectivity index (χ0n) is 6.68. The highest BCUT2D eigenvalue weighted by Crippen LogP contribution is 1.89. The Morgan fingerprint density at radius 2 is 2.18 bits per heavy atom. The molecule has 2 heteroatoms. The number of rotatable bonds is 5. The van der Waals surface area contributed by atoms with Crippen LogP contribution in [0.4, 0.5) is 0 Å². The summed E-state index contributed by atoms with van der Waals surface area (Å²) in [7, 11) is 1.86. The van der Waals surface area contributed by atoms with Gasteiger partial charge in [-0.05, 0) is 19.5 Å². The zero-order valence-corrected chi connectivity index (χ0v) is 6.68. The maximum atomic E-state index is 10.8. The first kappa shape index (κ1) is 13.0. The summed E-state index contributed by atoms with van der Waals surface area (Å²) in [5.74, 6) is 0.220. The minimum atomic E-state index is 0. The summed E-state index contributed by atoms with van der Waals surface area (Å²) in [6, 6.07) is 0. The van der Waals surface area contributed by atoms with Crippen molar-refractivity contribution in [1.29, 1.82) is 0 Å². The van der Waals surface area contributed by atoms with Crippen molar-refractivity contribution < 1.29 is 4.79 Å². The second-order valence-electron chi connectivity index (χ2n) is 2.18. The van der Waals surface area contributed by atoms with Crippen molar-refractivity contribution >= 4 is 5.78 Å². The highest BCUT2D eigenvalue weighted by molar-refractivity contribution is 5.89. The van der Waals surface area contributed by atoms with Crippen LogP contribution in [0, 0.1) is 0 Å². The first-order chi connectivity index (χ1) is 4.81. The molecule has 0 fully saturated rings. The number of carbonyl (C=O) groups excluding carboxylic acids is 1. The molecular formula is C9H19NO. The molecule has 0 atom stereocenters. The van der Waals surface area contributed by atoms with E-state index in [9.17, 15) is 4.79 Å². The molecule has 0 aliphatic carbocycles. The van der Waals surface area contributed by atoms with E-state index in [0.29, 0.717) is 6.42 Å². The Morgan fingerprint density at radius 3 is 2.64 bits per heavy atom. The van der Waals surface area contributed by atoms with E-state index < -0.39 is 0 Å². The summed E-state index contributed by atoms with van der Waals surface area (Å²) >= 11 is 0. The minimum absolute atomic E-state index is 0. The molecule has 0 aliphatic heterocycles. The van der Waals surface area contributed by atoms with Crippen molar-refractivity contribution in [3.05, 3.63) is 12.2 Å². The molecule has 0 aliphatic rings. The maximum Gasteiger partial charge on any atom is 0.155 e. The van der Waals surface area contributed by atoms with E-state index in [0.717, 1.165) is 13.0 Å². The van der Waals surface area contributed by atoms with E-state index in [1.807, 2.05) is 20.0 Å². The van der Waals surface area contributed by atoms with E-state index >= 15 is 0 Å². The summed E-state index contributed by atoms with van der Waals surface area (Å²) in [4.78, 5) is 10.8. The molecule has 0 rings (SSSR count). The number of ketones is 1. The van der Waals surface area contributed by atoms with Gasteiger partial charge in [0, 0.05) is 13.0 Å². The Kier molecular flexibility index (Phi) is 11.1. The zero-order chi connectivity index (χ0) is 7.82. The smallest absolute Gasteiger partial charge is 0.155 e. The Balaban J connectivity index is 0. The number of nitrogens with one attached hydrogen (secondary N) is 1. The predicted molar refractivity (Wildman–Crippen MR) is 49.7 cm³/mol. The van der Waals surface area contributed by atoms with Gasteiger partial charge in [0.25, 0.3) is 0 Å². The molecular weight excluding hydrogens is 138 g/mol. The second kappa shape index (κ2) is 9.37. The number of hydrogen-bond acceptors (Lipinski definition) is 2. The lowest BCUT2D eigenvalue weighted by Crippen LogP contribution is -2.04. The van der Waals surface area contributed by atoms with Gasteiger partial charge < -0.3 is 5.32 Å². The SMILES string of the molecule is C.CCCC(=O)/C=C/CNC. The molecule has 1 N–H and O–H groups in total. The third kappa shape index (κ3) is 9.37. The molecule has 2 nitrogen and oxygen atoms in total. The fourth-order valence-electron chi connectivity index (χ4n) is 0.638. The molecule has 0 aromatic heterocycles. The van der Waals surface area contributed by atoms with Crippen molar-refractivity contribution in [2.24, 2.45) is 0 Å². The number of carbonyl (C=O) groups is 1. The van der Waals surface area contributed by atoms with Crippen LogP contribution < -0.4 is 5.32 Å². The van der Waals surface area contributed by atoms with Crippen LogP contribution in [0.5, 0.6) is 0 Å². The van der Waals surface area contributed by atoms with Crippen molar-refractivity contribution in [3.63, 3.8) is 0 Å². The van der Waals surface area contributed by atoms with Crippen LogP contribution in [0.3, 0.4) is 0 Å². The molecule has 0 heterocycles. The van der Waals surface area contributed by atoms with Crippen molar-refractivity contribution in [1.82, 2.24) is 5.32 Å². The van der Waals surface area contributed by atoms with Crippen LogP contribution in [-0.2, 0) is 4.79 Å². The summed E-state index contributed by atoms with van der Waals surface area (Å²) in [6.45, 7) is 2.78. The van der Waals surface area contributed by atoms with Gasteiger partial charge in [0.2, 0.25) is 0 Å². The van der Waals surface area contributed by atoms with E-state index in [4.69, 9.17) is 0 Å². The van der Waals surface area contributed by atoms with Crippen LogP contribution >= 0.6 is 0 Å². The van der Waals surface area contributed by atoms with Crippen LogP contribution in [0.1, 0.15) is 27.2 Å². The summed E-state index contributed by atoms with van der Waals surface area (Å²) in [5.41, 5.74) is 0. The van der Waals surface area contributed by atoms with Crippen molar-refractivity contribution in [2.75, 3.05) is 13.6 Å². The molecule has 66 valence electrons. The molecule has 0 spiro atoms. The van der Waals surface area contributed by atoms with Gasteiger partial charge in [0.15, 0.2) is 5.78 Å². The quantitative estimate of drug-likeness (QED) is 0.616. The third-order valence-electron chi connectivity index (χ3n) is 1.12. The topological polar surface area (TPSA) is 29.1 Å². The van der Waals surface area contributed by atoms with Gasteiger partial charge in [0.05, 0.1) is 0 Å². The van der Waals surface area contributed by atoms with Gasteiger partial charge >= 0.3 is 0 Å². The van der Waals surface area contributed by atoms with Crippen LogP contribution in [0.2, 0.25) is 0 Å². The molecule has 0 saturated carbocycles.